The van der Waals surface area contributed by atoms with Crippen LogP contribution in [0.3, 0.4) is 0 Å². The Bertz CT molecular complexity index is 641. The molecule has 1 heterocycles. The molecule has 1 saturated heterocycles. The van der Waals surface area contributed by atoms with Crippen LogP contribution in [0, 0.1) is 0 Å². The summed E-state index contributed by atoms with van der Waals surface area (Å²) in [5.74, 6) is -0.493. The first-order valence-electron chi connectivity index (χ1n) is 7.68. The molecule has 1 aliphatic rings. The summed E-state index contributed by atoms with van der Waals surface area (Å²) in [6.45, 7) is 2.20. The Morgan fingerprint density at radius 2 is 1.77 bits per heavy atom. The Morgan fingerprint density at radius 1 is 1.15 bits per heavy atom. The number of hydrogen-bond donors (Lipinski definition) is 3. The van der Waals surface area contributed by atoms with Gasteiger partial charge in [-0.2, -0.15) is 4.31 Å². The van der Waals surface area contributed by atoms with E-state index in [0.717, 1.165) is 0 Å². The molecule has 12 nitrogen and oxygen atoms in total. The van der Waals surface area contributed by atoms with Crippen LogP contribution in [0.4, 0.5) is 0 Å². The molecular weight excluding hydrogens is 416 g/mol. The first kappa shape index (κ1) is 24.0. The van der Waals surface area contributed by atoms with Crippen molar-refractivity contribution >= 4 is 37.1 Å². The van der Waals surface area contributed by atoms with Crippen molar-refractivity contribution in [1.29, 1.82) is 0 Å². The number of carbonyl (C=O) groups excluding carboxylic acids is 1. The average Bonchev–Trinajstić information content (AvgIpc) is 2.82. The fraction of sp³-hybridized carbons (Fsp3) is 0.900. The Balaban J connectivity index is 2.66. The first-order chi connectivity index (χ1) is 11.8. The Hall–Kier alpha value is -0.0551. The lowest BCUT2D eigenvalue weighted by atomic mass is 9.96. The van der Waals surface area contributed by atoms with Gasteiger partial charge in [0.15, 0.2) is 0 Å². The molecule has 1 rings (SSSR count). The monoisotopic (exact) mass is 438 g/mol. The van der Waals surface area contributed by atoms with E-state index < -0.39 is 54.2 Å². The maximum absolute atomic E-state index is 11.8. The summed E-state index contributed by atoms with van der Waals surface area (Å²) in [6.07, 6.45) is -1.68. The molecule has 0 aromatic heterocycles. The fourth-order valence-corrected chi connectivity index (χ4v) is 5.71. The van der Waals surface area contributed by atoms with Crippen LogP contribution in [-0.4, -0.2) is 59.5 Å². The normalized spacial score (nSPS) is 30.1. The Kier molecular flexibility index (Phi) is 8.70. The molecule has 3 N–H and O–H groups in total. The third-order valence-electron chi connectivity index (χ3n) is 3.20. The average molecular weight is 438 g/mol. The molecule has 0 aliphatic carbocycles. The van der Waals surface area contributed by atoms with Gasteiger partial charge in [0.1, 0.15) is 20.1 Å². The summed E-state index contributed by atoms with van der Waals surface area (Å²) >= 11 is 0. The summed E-state index contributed by atoms with van der Waals surface area (Å²) in [7, 11) is -13.3. The third-order valence-corrected chi connectivity index (χ3v) is 7.97. The largest absolute Gasteiger partial charge is 0.488 e. The number of hydrogen-bond acceptors (Lipinski definition) is 9. The second-order valence-electron chi connectivity index (χ2n) is 5.45. The third kappa shape index (κ3) is 8.31. The van der Waals surface area contributed by atoms with Gasteiger partial charge < -0.3 is 24.2 Å². The minimum absolute atomic E-state index is 0.129. The zero-order chi connectivity index (χ0) is 20.2. The molecule has 0 spiro atoms. The van der Waals surface area contributed by atoms with Crippen LogP contribution in [0.2, 0.25) is 0 Å². The highest BCUT2D eigenvalue weighted by molar-refractivity contribution is 7.68. The highest BCUT2D eigenvalue weighted by atomic mass is 31.3. The van der Waals surface area contributed by atoms with Crippen LogP contribution < -0.4 is 0 Å². The van der Waals surface area contributed by atoms with Gasteiger partial charge in [-0.3, -0.25) is 13.9 Å². The fourth-order valence-electron chi connectivity index (χ4n) is 2.00. The van der Waals surface area contributed by atoms with Gasteiger partial charge in [-0.05, 0) is 0 Å². The number of phosphoric ester groups is 1. The first-order valence-corrected chi connectivity index (χ1v) is 12.4. The molecule has 16 heteroatoms. The SMILES string of the molecule is BC1CC(OC(=O)CC)C(COP(=O)(O)OP(=O)(O)OP(=O)(O)CC)O1. The number of carbonyl (C=O) groups is 1. The molecule has 0 amide bonds. The van der Waals surface area contributed by atoms with Crippen molar-refractivity contribution in [2.45, 2.75) is 44.9 Å². The lowest BCUT2D eigenvalue weighted by Crippen LogP contribution is -2.30. The summed E-state index contributed by atoms with van der Waals surface area (Å²) in [5.41, 5.74) is 0. The quantitative estimate of drug-likeness (QED) is 0.245. The van der Waals surface area contributed by atoms with E-state index in [4.69, 9.17) is 14.4 Å². The molecule has 26 heavy (non-hydrogen) atoms. The van der Waals surface area contributed by atoms with Gasteiger partial charge in [0.05, 0.1) is 6.61 Å². The van der Waals surface area contributed by atoms with Gasteiger partial charge >= 0.3 is 29.2 Å². The zero-order valence-electron chi connectivity index (χ0n) is 14.4. The van der Waals surface area contributed by atoms with E-state index >= 15 is 0 Å². The van der Waals surface area contributed by atoms with Crippen molar-refractivity contribution in [3.63, 3.8) is 0 Å². The number of ether oxygens (including phenoxy) is 2. The molecule has 0 radical (unpaired) electrons. The van der Waals surface area contributed by atoms with E-state index in [-0.39, 0.29) is 12.4 Å². The Labute approximate surface area is 151 Å². The summed E-state index contributed by atoms with van der Waals surface area (Å²) in [5, 5.41) is 0. The van der Waals surface area contributed by atoms with Gasteiger partial charge in [-0.1, -0.05) is 13.8 Å². The highest BCUT2D eigenvalue weighted by Crippen LogP contribution is 2.67. The van der Waals surface area contributed by atoms with Gasteiger partial charge in [0.2, 0.25) is 0 Å². The molecule has 0 bridgehead atoms. The number of rotatable bonds is 10. The van der Waals surface area contributed by atoms with Crippen molar-refractivity contribution < 1.29 is 55.8 Å². The van der Waals surface area contributed by atoms with Crippen LogP contribution in [0.25, 0.3) is 0 Å². The van der Waals surface area contributed by atoms with Crippen LogP contribution in [0.1, 0.15) is 26.7 Å². The summed E-state index contributed by atoms with van der Waals surface area (Å²) < 4.78 is 57.7. The van der Waals surface area contributed by atoms with Gasteiger partial charge in [0.25, 0.3) is 0 Å². The maximum Gasteiger partial charge on any atom is 0.488 e. The molecule has 0 aromatic carbocycles. The lowest BCUT2D eigenvalue weighted by Gasteiger charge is -2.21. The summed E-state index contributed by atoms with van der Waals surface area (Å²) in [6, 6.07) is -0.311. The van der Waals surface area contributed by atoms with E-state index in [1.54, 1.807) is 14.8 Å². The molecule has 152 valence electrons. The predicted octanol–water partition coefficient (Wildman–Crippen LogP) is 0.512. The highest BCUT2D eigenvalue weighted by Gasteiger charge is 2.42. The molecule has 1 aliphatic heterocycles. The second-order valence-corrected chi connectivity index (χ2v) is 10.8. The Morgan fingerprint density at radius 3 is 2.31 bits per heavy atom. The molecule has 0 saturated carbocycles. The van der Waals surface area contributed by atoms with Crippen LogP contribution in [-0.2, 0) is 41.1 Å². The van der Waals surface area contributed by atoms with Crippen LogP contribution in [0.5, 0.6) is 0 Å². The van der Waals surface area contributed by atoms with E-state index in [9.17, 15) is 28.3 Å². The van der Waals surface area contributed by atoms with Crippen LogP contribution >= 0.6 is 23.2 Å². The second kappa shape index (κ2) is 9.43. The minimum Gasteiger partial charge on any atom is -0.459 e. The molecular formula is C10H22BO12P3. The molecule has 6 atom stereocenters. The minimum atomic E-state index is -5.35. The topological polar surface area (TPSA) is 175 Å². The zero-order valence-corrected chi connectivity index (χ0v) is 17.1. The van der Waals surface area contributed by atoms with Crippen molar-refractivity contribution in [3.8, 4) is 0 Å². The van der Waals surface area contributed by atoms with E-state index in [2.05, 4.69) is 13.1 Å². The van der Waals surface area contributed by atoms with Gasteiger partial charge in [0, 0.05) is 25.0 Å². The van der Waals surface area contributed by atoms with Crippen molar-refractivity contribution in [2.75, 3.05) is 12.8 Å². The van der Waals surface area contributed by atoms with Gasteiger partial charge in [-0.25, -0.2) is 13.4 Å². The smallest absolute Gasteiger partial charge is 0.459 e. The maximum atomic E-state index is 11.8. The predicted molar refractivity (Wildman–Crippen MR) is 90.1 cm³/mol. The lowest BCUT2D eigenvalue weighted by molar-refractivity contribution is -0.152. The summed E-state index contributed by atoms with van der Waals surface area (Å²) in [4.78, 5) is 39.4. The van der Waals surface area contributed by atoms with Gasteiger partial charge in [-0.15, -0.1) is 0 Å². The number of esters is 1. The van der Waals surface area contributed by atoms with E-state index in [1.165, 1.54) is 6.92 Å². The van der Waals surface area contributed by atoms with Crippen molar-refractivity contribution in [1.82, 2.24) is 0 Å². The van der Waals surface area contributed by atoms with E-state index in [0.29, 0.717) is 6.42 Å². The molecule has 6 unspecified atom stereocenters. The van der Waals surface area contributed by atoms with Crippen molar-refractivity contribution in [2.24, 2.45) is 0 Å². The van der Waals surface area contributed by atoms with Crippen molar-refractivity contribution in [3.05, 3.63) is 0 Å². The molecule has 0 aromatic rings. The molecule has 1 fully saturated rings. The standard InChI is InChI=1S/C10H22BO12P3/c1-3-10(12)21-7-5-9(11)20-8(7)6-19-25(15,16)23-26(17,18)22-24(13,14)4-2/h7-9H,3-6,11H2,1-2H3,(H,13,14)(H,15,16)(H,17,18). The van der Waals surface area contributed by atoms with Crippen LogP contribution in [0.15, 0.2) is 0 Å². The number of phosphoric acid groups is 2. The van der Waals surface area contributed by atoms with E-state index in [1.807, 2.05) is 0 Å².